The van der Waals surface area contributed by atoms with Crippen LogP contribution in [-0.4, -0.2) is 56.2 Å². The van der Waals surface area contributed by atoms with Gasteiger partial charge in [-0.3, -0.25) is 9.59 Å². The number of piperidine rings is 1. The van der Waals surface area contributed by atoms with E-state index in [1.54, 1.807) is 17.5 Å². The van der Waals surface area contributed by atoms with Crippen LogP contribution in [0.1, 0.15) is 75.4 Å². The molecule has 0 saturated carbocycles. The van der Waals surface area contributed by atoms with Crippen LogP contribution < -0.4 is 0 Å². The third kappa shape index (κ3) is 3.88. The molecule has 166 valence electrons. The van der Waals surface area contributed by atoms with Gasteiger partial charge in [-0.15, -0.1) is 11.3 Å². The molecule has 5 rings (SSSR count). The highest BCUT2D eigenvalue weighted by atomic mass is 32.1. The number of nitrogens with zero attached hydrogens (tertiary/aromatic N) is 5. The molecule has 2 aromatic heterocycles. The van der Waals surface area contributed by atoms with Gasteiger partial charge in [-0.2, -0.15) is 0 Å². The minimum absolute atomic E-state index is 0.00447. The fourth-order valence-electron chi connectivity index (χ4n) is 4.74. The minimum Gasteiger partial charge on any atom is -0.339 e. The maximum Gasteiger partial charge on any atom is 0.257 e. The first-order valence-corrected chi connectivity index (χ1v) is 12.1. The average molecular weight is 450 g/mol. The number of carbonyl (C=O) groups is 2. The fraction of sp³-hybridized carbons (Fsp3) is 0.458. The molecule has 2 aliphatic heterocycles. The van der Waals surface area contributed by atoms with E-state index in [0.717, 1.165) is 54.0 Å². The molecule has 0 N–H and O–H groups in total. The molecule has 2 aliphatic rings. The van der Waals surface area contributed by atoms with E-state index in [1.807, 2.05) is 41.8 Å². The van der Waals surface area contributed by atoms with Crippen LogP contribution in [0.15, 0.2) is 24.4 Å². The third-order valence-electron chi connectivity index (χ3n) is 6.43. The first kappa shape index (κ1) is 21.0. The summed E-state index contributed by atoms with van der Waals surface area (Å²) in [6.07, 6.45) is 6.67. The SMILES string of the molecule is Cc1nc2ccc(C(=O)N3CCCC3c3ncc(C(=O)N4CCCCC4)c(C)n3)cc2s1. The molecule has 2 saturated heterocycles. The topological polar surface area (TPSA) is 79.3 Å². The van der Waals surface area contributed by atoms with Crippen molar-refractivity contribution in [2.45, 2.75) is 52.0 Å². The van der Waals surface area contributed by atoms with Crippen molar-refractivity contribution in [3.63, 3.8) is 0 Å². The molecule has 2 amide bonds. The zero-order valence-electron chi connectivity index (χ0n) is 18.5. The highest BCUT2D eigenvalue weighted by Crippen LogP contribution is 2.32. The lowest BCUT2D eigenvalue weighted by molar-refractivity contribution is 0.0712. The Kier molecular flexibility index (Phi) is 5.63. The van der Waals surface area contributed by atoms with E-state index in [0.29, 0.717) is 29.2 Å². The van der Waals surface area contributed by atoms with Gasteiger partial charge in [-0.05, 0) is 64.2 Å². The number of amides is 2. The lowest BCUT2D eigenvalue weighted by Gasteiger charge is -2.27. The summed E-state index contributed by atoms with van der Waals surface area (Å²) in [5, 5.41) is 0.992. The molecule has 7 nitrogen and oxygen atoms in total. The Morgan fingerprint density at radius 1 is 1.00 bits per heavy atom. The maximum atomic E-state index is 13.3. The predicted molar refractivity (Wildman–Crippen MR) is 124 cm³/mol. The van der Waals surface area contributed by atoms with Crippen molar-refractivity contribution in [2.75, 3.05) is 19.6 Å². The molecule has 3 aromatic rings. The number of benzene rings is 1. The van der Waals surface area contributed by atoms with Gasteiger partial charge < -0.3 is 9.80 Å². The van der Waals surface area contributed by atoms with Crippen molar-refractivity contribution in [3.05, 3.63) is 52.0 Å². The van der Waals surface area contributed by atoms with E-state index < -0.39 is 0 Å². The number of fused-ring (bicyclic) bond motifs is 1. The number of thiazole rings is 1. The molecular formula is C24H27N5O2S. The number of carbonyl (C=O) groups excluding carboxylic acids is 2. The van der Waals surface area contributed by atoms with Gasteiger partial charge in [0, 0.05) is 31.4 Å². The first-order valence-electron chi connectivity index (χ1n) is 11.3. The zero-order chi connectivity index (χ0) is 22.2. The van der Waals surface area contributed by atoms with E-state index in [4.69, 9.17) is 4.98 Å². The first-order chi connectivity index (χ1) is 15.5. The van der Waals surface area contributed by atoms with Crippen molar-refractivity contribution in [2.24, 2.45) is 0 Å². The van der Waals surface area contributed by atoms with Crippen LogP contribution in [0.5, 0.6) is 0 Å². The Labute approximate surface area is 191 Å². The van der Waals surface area contributed by atoms with E-state index >= 15 is 0 Å². The van der Waals surface area contributed by atoms with E-state index in [1.165, 1.54) is 6.42 Å². The Morgan fingerprint density at radius 3 is 2.59 bits per heavy atom. The number of hydrogen-bond donors (Lipinski definition) is 0. The van der Waals surface area contributed by atoms with Gasteiger partial charge in [-0.1, -0.05) is 0 Å². The van der Waals surface area contributed by atoms with Crippen LogP contribution in [0.3, 0.4) is 0 Å². The standard InChI is InChI=1S/C24H27N5O2S/c1-15-18(24(31)28-10-4-3-5-11-28)14-25-22(26-15)20-7-6-12-29(20)23(30)17-8-9-19-21(13-17)32-16(2)27-19/h8-9,13-14,20H,3-7,10-12H2,1-2H3. The number of hydrogen-bond acceptors (Lipinski definition) is 6. The van der Waals surface area contributed by atoms with Crippen LogP contribution in [-0.2, 0) is 0 Å². The molecule has 2 fully saturated rings. The maximum absolute atomic E-state index is 13.3. The van der Waals surface area contributed by atoms with Crippen LogP contribution in [0.4, 0.5) is 0 Å². The quantitative estimate of drug-likeness (QED) is 0.595. The molecule has 8 heteroatoms. The van der Waals surface area contributed by atoms with E-state index in [9.17, 15) is 9.59 Å². The van der Waals surface area contributed by atoms with Crippen LogP contribution >= 0.6 is 11.3 Å². The summed E-state index contributed by atoms with van der Waals surface area (Å²) in [6.45, 7) is 6.12. The Balaban J connectivity index is 1.38. The number of likely N-dealkylation sites (tertiary alicyclic amines) is 2. The second-order valence-electron chi connectivity index (χ2n) is 8.65. The van der Waals surface area contributed by atoms with Crippen LogP contribution in [0.2, 0.25) is 0 Å². The van der Waals surface area contributed by atoms with Gasteiger partial charge in [0.2, 0.25) is 0 Å². The molecule has 0 aliphatic carbocycles. The summed E-state index contributed by atoms with van der Waals surface area (Å²) in [7, 11) is 0. The molecule has 1 aromatic carbocycles. The highest BCUT2D eigenvalue weighted by molar-refractivity contribution is 7.18. The highest BCUT2D eigenvalue weighted by Gasteiger charge is 2.33. The van der Waals surface area contributed by atoms with Crippen molar-refractivity contribution < 1.29 is 9.59 Å². The Morgan fingerprint density at radius 2 is 1.81 bits per heavy atom. The van der Waals surface area contributed by atoms with Gasteiger partial charge >= 0.3 is 0 Å². The predicted octanol–water partition coefficient (Wildman–Crippen LogP) is 4.31. The number of aryl methyl sites for hydroxylation is 2. The lowest BCUT2D eigenvalue weighted by atomic mass is 10.1. The van der Waals surface area contributed by atoms with Crippen molar-refractivity contribution in [1.82, 2.24) is 24.8 Å². The van der Waals surface area contributed by atoms with Crippen molar-refractivity contribution in [3.8, 4) is 0 Å². The second-order valence-corrected chi connectivity index (χ2v) is 9.89. The van der Waals surface area contributed by atoms with Gasteiger partial charge in [0.1, 0.15) is 0 Å². The summed E-state index contributed by atoms with van der Waals surface area (Å²) >= 11 is 1.60. The molecule has 0 bridgehead atoms. The van der Waals surface area contributed by atoms with Crippen molar-refractivity contribution in [1.29, 1.82) is 0 Å². The van der Waals surface area contributed by atoms with Gasteiger partial charge in [0.15, 0.2) is 5.82 Å². The molecule has 32 heavy (non-hydrogen) atoms. The van der Waals surface area contributed by atoms with Gasteiger partial charge in [0.25, 0.3) is 11.8 Å². The smallest absolute Gasteiger partial charge is 0.257 e. The largest absolute Gasteiger partial charge is 0.339 e. The number of aromatic nitrogens is 3. The fourth-order valence-corrected chi connectivity index (χ4v) is 5.61. The molecule has 0 spiro atoms. The monoisotopic (exact) mass is 449 g/mol. The lowest BCUT2D eigenvalue weighted by Crippen LogP contribution is -2.36. The number of rotatable bonds is 3. The molecule has 0 radical (unpaired) electrons. The third-order valence-corrected chi connectivity index (χ3v) is 7.36. The van der Waals surface area contributed by atoms with Gasteiger partial charge in [-0.25, -0.2) is 15.0 Å². The van der Waals surface area contributed by atoms with Gasteiger partial charge in [0.05, 0.1) is 32.5 Å². The Hall–Kier alpha value is -2.87. The summed E-state index contributed by atoms with van der Waals surface area (Å²) in [5.41, 5.74) is 2.85. The summed E-state index contributed by atoms with van der Waals surface area (Å²) in [6, 6.07) is 5.54. The normalized spacial score (nSPS) is 19.0. The van der Waals surface area contributed by atoms with Crippen LogP contribution in [0, 0.1) is 13.8 Å². The molecule has 1 atom stereocenters. The summed E-state index contributed by atoms with van der Waals surface area (Å²) < 4.78 is 1.02. The average Bonchev–Trinajstić information content (AvgIpc) is 3.44. The zero-order valence-corrected chi connectivity index (χ0v) is 19.3. The molecule has 1 unspecified atom stereocenters. The molecular weight excluding hydrogens is 422 g/mol. The molecule has 4 heterocycles. The second kappa shape index (κ2) is 8.58. The van der Waals surface area contributed by atoms with E-state index in [-0.39, 0.29) is 17.9 Å². The Bertz CT molecular complexity index is 1180. The summed E-state index contributed by atoms with van der Waals surface area (Å²) in [5.74, 6) is 0.634. The van der Waals surface area contributed by atoms with E-state index in [2.05, 4.69) is 9.97 Å². The van der Waals surface area contributed by atoms with Crippen molar-refractivity contribution >= 4 is 33.4 Å². The van der Waals surface area contributed by atoms with Crippen LogP contribution in [0.25, 0.3) is 10.2 Å². The minimum atomic E-state index is -0.167. The summed E-state index contributed by atoms with van der Waals surface area (Å²) in [4.78, 5) is 43.7.